The second-order valence-electron chi connectivity index (χ2n) is 4.62. The van der Waals surface area contributed by atoms with Crippen LogP contribution in [0.4, 0.5) is 0 Å². The molecule has 0 N–H and O–H groups in total. The summed E-state index contributed by atoms with van der Waals surface area (Å²) in [6, 6.07) is 9.79. The number of nitrogens with zero attached hydrogens (tertiary/aromatic N) is 2. The van der Waals surface area contributed by atoms with Crippen molar-refractivity contribution in [2.24, 2.45) is 0 Å². The van der Waals surface area contributed by atoms with Gasteiger partial charge in [0.15, 0.2) is 0 Å². The lowest BCUT2D eigenvalue weighted by molar-refractivity contribution is -0.145. The maximum Gasteiger partial charge on any atom is 0.320 e. The predicted molar refractivity (Wildman–Crippen MR) is 73.3 cm³/mol. The molecule has 0 heterocycles. The van der Waals surface area contributed by atoms with E-state index in [0.717, 1.165) is 5.56 Å². The molecule has 0 bridgehead atoms. The van der Waals surface area contributed by atoms with Crippen molar-refractivity contribution in [1.29, 1.82) is 5.26 Å². The fourth-order valence-corrected chi connectivity index (χ4v) is 1.77. The van der Waals surface area contributed by atoms with E-state index < -0.39 is 0 Å². The van der Waals surface area contributed by atoms with Gasteiger partial charge < -0.3 is 4.74 Å². The quantitative estimate of drug-likeness (QED) is 0.737. The minimum Gasteiger partial charge on any atom is -0.465 e. The molecule has 0 saturated carbocycles. The number of rotatable bonds is 6. The molecule has 0 saturated heterocycles. The molecule has 0 unspecified atom stereocenters. The average molecular weight is 260 g/mol. The van der Waals surface area contributed by atoms with Crippen molar-refractivity contribution in [2.45, 2.75) is 33.4 Å². The van der Waals surface area contributed by atoms with Gasteiger partial charge in [-0.05, 0) is 38.5 Å². The third kappa shape index (κ3) is 5.11. The molecule has 0 aliphatic carbocycles. The van der Waals surface area contributed by atoms with Crippen LogP contribution < -0.4 is 0 Å². The van der Waals surface area contributed by atoms with Crippen LogP contribution >= 0.6 is 0 Å². The van der Waals surface area contributed by atoms with Crippen LogP contribution in [0.5, 0.6) is 0 Å². The van der Waals surface area contributed by atoms with Gasteiger partial charge in [-0.2, -0.15) is 5.26 Å². The van der Waals surface area contributed by atoms with Gasteiger partial charge in [-0.1, -0.05) is 12.1 Å². The monoisotopic (exact) mass is 260 g/mol. The number of carbonyl (C=O) groups is 1. The minimum atomic E-state index is -0.215. The first kappa shape index (κ1) is 15.2. The van der Waals surface area contributed by atoms with E-state index in [1.54, 1.807) is 13.0 Å². The second-order valence-corrected chi connectivity index (χ2v) is 4.62. The van der Waals surface area contributed by atoms with E-state index in [1.165, 1.54) is 0 Å². The van der Waals surface area contributed by atoms with Crippen LogP contribution in [0.2, 0.25) is 0 Å². The molecule has 102 valence electrons. The molecule has 0 fully saturated rings. The Kier molecular flexibility index (Phi) is 6.04. The standard InChI is InChI=1S/C15H20N2O2/c1-4-19-15(18)11-17(12(2)3)10-14-7-5-6-13(8-14)9-16/h5-8,12H,4,10-11H2,1-3H3. The zero-order valence-corrected chi connectivity index (χ0v) is 11.7. The number of esters is 1. The molecular formula is C15H20N2O2. The molecule has 0 radical (unpaired) electrons. The molecule has 0 amide bonds. The van der Waals surface area contributed by atoms with E-state index in [0.29, 0.717) is 18.7 Å². The van der Waals surface area contributed by atoms with Gasteiger partial charge in [-0.15, -0.1) is 0 Å². The third-order valence-electron chi connectivity index (χ3n) is 2.81. The molecule has 19 heavy (non-hydrogen) atoms. The Labute approximate surface area is 114 Å². The number of hydrogen-bond donors (Lipinski definition) is 0. The molecule has 0 spiro atoms. The van der Waals surface area contributed by atoms with Crippen molar-refractivity contribution >= 4 is 5.97 Å². The number of ether oxygens (including phenoxy) is 1. The summed E-state index contributed by atoms with van der Waals surface area (Å²) in [6.07, 6.45) is 0. The first-order valence-electron chi connectivity index (χ1n) is 6.45. The van der Waals surface area contributed by atoms with Crippen LogP contribution in [0, 0.1) is 11.3 Å². The Bertz CT molecular complexity index is 463. The normalized spacial score (nSPS) is 10.5. The molecule has 1 aromatic rings. The highest BCUT2D eigenvalue weighted by molar-refractivity contribution is 5.71. The predicted octanol–water partition coefficient (Wildman–Crippen LogP) is 2.33. The van der Waals surface area contributed by atoms with Crippen molar-refractivity contribution in [2.75, 3.05) is 13.2 Å². The lowest BCUT2D eigenvalue weighted by Crippen LogP contribution is -2.36. The summed E-state index contributed by atoms with van der Waals surface area (Å²) in [4.78, 5) is 13.6. The lowest BCUT2D eigenvalue weighted by atomic mass is 10.1. The van der Waals surface area contributed by atoms with E-state index in [1.807, 2.05) is 36.9 Å². The molecule has 0 atom stereocenters. The molecule has 1 aromatic carbocycles. The number of carbonyl (C=O) groups excluding carboxylic acids is 1. The molecule has 0 aliphatic heterocycles. The number of benzene rings is 1. The molecule has 1 rings (SSSR count). The van der Waals surface area contributed by atoms with E-state index in [-0.39, 0.29) is 18.6 Å². The van der Waals surface area contributed by atoms with Crippen LogP contribution in [0.3, 0.4) is 0 Å². The van der Waals surface area contributed by atoms with Crippen LogP contribution in [0.1, 0.15) is 31.9 Å². The minimum absolute atomic E-state index is 0.215. The summed E-state index contributed by atoms with van der Waals surface area (Å²) in [5.41, 5.74) is 1.66. The maximum atomic E-state index is 11.6. The highest BCUT2D eigenvalue weighted by Crippen LogP contribution is 2.10. The van der Waals surface area contributed by atoms with Crippen LogP contribution in [0.15, 0.2) is 24.3 Å². The summed E-state index contributed by atoms with van der Waals surface area (Å²) in [5.74, 6) is -0.215. The fraction of sp³-hybridized carbons (Fsp3) is 0.467. The highest BCUT2D eigenvalue weighted by atomic mass is 16.5. The second kappa shape index (κ2) is 7.55. The summed E-state index contributed by atoms with van der Waals surface area (Å²) < 4.78 is 4.97. The Morgan fingerprint density at radius 3 is 2.79 bits per heavy atom. The molecule has 4 nitrogen and oxygen atoms in total. The van der Waals surface area contributed by atoms with Gasteiger partial charge in [0, 0.05) is 12.6 Å². The van der Waals surface area contributed by atoms with Gasteiger partial charge in [0.05, 0.1) is 24.8 Å². The first-order chi connectivity index (χ1) is 9.06. The zero-order valence-electron chi connectivity index (χ0n) is 11.7. The first-order valence-corrected chi connectivity index (χ1v) is 6.45. The lowest BCUT2D eigenvalue weighted by Gasteiger charge is -2.25. The van der Waals surface area contributed by atoms with Crippen molar-refractivity contribution in [3.05, 3.63) is 35.4 Å². The smallest absolute Gasteiger partial charge is 0.320 e. The molecule has 4 heteroatoms. The summed E-state index contributed by atoms with van der Waals surface area (Å²) in [5, 5.41) is 8.88. The van der Waals surface area contributed by atoms with E-state index in [4.69, 9.17) is 10.00 Å². The van der Waals surface area contributed by atoms with Gasteiger partial charge in [0.25, 0.3) is 0 Å². The number of hydrogen-bond acceptors (Lipinski definition) is 4. The Morgan fingerprint density at radius 1 is 1.47 bits per heavy atom. The highest BCUT2D eigenvalue weighted by Gasteiger charge is 2.15. The van der Waals surface area contributed by atoms with Crippen molar-refractivity contribution in [3.63, 3.8) is 0 Å². The van der Waals surface area contributed by atoms with Gasteiger partial charge in [0.2, 0.25) is 0 Å². The maximum absolute atomic E-state index is 11.6. The third-order valence-corrected chi connectivity index (χ3v) is 2.81. The summed E-state index contributed by atoms with van der Waals surface area (Å²) in [7, 11) is 0. The zero-order chi connectivity index (χ0) is 14.3. The Hall–Kier alpha value is -1.86. The largest absolute Gasteiger partial charge is 0.465 e. The molecule has 0 aromatic heterocycles. The van der Waals surface area contributed by atoms with Gasteiger partial charge in [0.1, 0.15) is 0 Å². The van der Waals surface area contributed by atoms with E-state index in [9.17, 15) is 4.79 Å². The Morgan fingerprint density at radius 2 is 2.21 bits per heavy atom. The van der Waals surface area contributed by atoms with Crippen molar-refractivity contribution in [3.8, 4) is 6.07 Å². The number of nitriles is 1. The fourth-order valence-electron chi connectivity index (χ4n) is 1.77. The van der Waals surface area contributed by atoms with Gasteiger partial charge in [-0.3, -0.25) is 9.69 Å². The van der Waals surface area contributed by atoms with Crippen LogP contribution in [-0.2, 0) is 16.1 Å². The van der Waals surface area contributed by atoms with E-state index >= 15 is 0 Å². The topological polar surface area (TPSA) is 53.3 Å². The van der Waals surface area contributed by atoms with Crippen LogP contribution in [-0.4, -0.2) is 30.1 Å². The van der Waals surface area contributed by atoms with Gasteiger partial charge >= 0.3 is 5.97 Å². The van der Waals surface area contributed by atoms with Crippen molar-refractivity contribution in [1.82, 2.24) is 4.90 Å². The average Bonchev–Trinajstić information content (AvgIpc) is 2.38. The van der Waals surface area contributed by atoms with Crippen LogP contribution in [0.25, 0.3) is 0 Å². The Balaban J connectivity index is 2.73. The molecule has 0 aliphatic rings. The SMILES string of the molecule is CCOC(=O)CN(Cc1cccc(C#N)c1)C(C)C. The summed E-state index contributed by atoms with van der Waals surface area (Å²) in [6.45, 7) is 7.16. The van der Waals surface area contributed by atoms with E-state index in [2.05, 4.69) is 6.07 Å². The van der Waals surface area contributed by atoms with Crippen molar-refractivity contribution < 1.29 is 9.53 Å². The molecular weight excluding hydrogens is 240 g/mol. The van der Waals surface area contributed by atoms with Gasteiger partial charge in [-0.25, -0.2) is 0 Å². The summed E-state index contributed by atoms with van der Waals surface area (Å²) >= 11 is 0.